The zero-order chi connectivity index (χ0) is 24.0. The molecule has 3 aromatic rings. The van der Waals surface area contributed by atoms with Gasteiger partial charge in [-0.2, -0.15) is 5.26 Å². The van der Waals surface area contributed by atoms with Crippen molar-refractivity contribution < 1.29 is 14.3 Å². The molecule has 33 heavy (non-hydrogen) atoms. The second kappa shape index (κ2) is 10.8. The summed E-state index contributed by atoms with van der Waals surface area (Å²) in [5, 5.41) is 14.9. The van der Waals surface area contributed by atoms with Crippen LogP contribution in [0, 0.1) is 11.3 Å². The van der Waals surface area contributed by atoms with Crippen LogP contribution in [-0.2, 0) is 9.53 Å². The fourth-order valence-corrected chi connectivity index (χ4v) is 4.13. The molecule has 3 rings (SSSR count). The maximum atomic E-state index is 12.9. The summed E-state index contributed by atoms with van der Waals surface area (Å²) in [5.74, 6) is -1.16. The summed E-state index contributed by atoms with van der Waals surface area (Å²) in [7, 11) is 3.86. The molecule has 0 atom stereocenters. The first-order valence-corrected chi connectivity index (χ1v) is 11.3. The third-order valence-corrected chi connectivity index (χ3v) is 5.89. The Bertz CT molecular complexity index is 1220. The minimum atomic E-state index is -0.607. The maximum Gasteiger partial charge on any atom is 0.341 e. The fourth-order valence-electron chi connectivity index (χ4n) is 3.05. The van der Waals surface area contributed by atoms with Gasteiger partial charge < -0.3 is 15.0 Å². The summed E-state index contributed by atoms with van der Waals surface area (Å²) in [6.07, 6.45) is 1.51. The van der Waals surface area contributed by atoms with Crippen molar-refractivity contribution in [3.8, 4) is 17.2 Å². The predicted octanol–water partition coefficient (Wildman–Crippen LogP) is 5.86. The first-order valence-electron chi connectivity index (χ1n) is 10.1. The standard InChI is InChI=1S/C25H22ClN3O3S/c1-4-32-25(31)22-21(17-7-9-19(26)10-8-17)15-33-24(22)28-23(30)18(14-27)13-16-5-11-20(12-6-16)29(2)3/h5-13,15H,4H2,1-3H3,(H,28,30)/b18-13-. The van der Waals surface area contributed by atoms with Gasteiger partial charge in [-0.05, 0) is 48.4 Å². The van der Waals surface area contributed by atoms with Gasteiger partial charge in [0.2, 0.25) is 0 Å². The normalized spacial score (nSPS) is 10.9. The number of halogens is 1. The highest BCUT2D eigenvalue weighted by molar-refractivity contribution is 7.15. The second-order valence-corrected chi connectivity index (χ2v) is 8.51. The van der Waals surface area contributed by atoms with Crippen LogP contribution in [0.25, 0.3) is 17.2 Å². The van der Waals surface area contributed by atoms with Crippen LogP contribution in [0.3, 0.4) is 0 Å². The summed E-state index contributed by atoms with van der Waals surface area (Å²) in [6, 6.07) is 16.4. The summed E-state index contributed by atoms with van der Waals surface area (Å²) in [5.41, 5.74) is 3.26. The molecular weight excluding hydrogens is 458 g/mol. The number of carbonyl (C=O) groups is 2. The van der Waals surface area contributed by atoms with Crippen molar-refractivity contribution in [2.45, 2.75) is 6.92 Å². The van der Waals surface area contributed by atoms with E-state index in [4.69, 9.17) is 16.3 Å². The Balaban J connectivity index is 1.92. The number of thiophene rings is 1. The monoisotopic (exact) mass is 479 g/mol. The van der Waals surface area contributed by atoms with Crippen molar-refractivity contribution in [2.75, 3.05) is 30.9 Å². The Hall–Kier alpha value is -3.60. The second-order valence-electron chi connectivity index (χ2n) is 7.19. The third-order valence-electron chi connectivity index (χ3n) is 4.74. The average Bonchev–Trinajstić information content (AvgIpc) is 3.21. The van der Waals surface area contributed by atoms with Gasteiger partial charge in [0.15, 0.2) is 0 Å². The average molecular weight is 480 g/mol. The van der Waals surface area contributed by atoms with Gasteiger partial charge in [0.25, 0.3) is 5.91 Å². The van der Waals surface area contributed by atoms with Crippen molar-refractivity contribution in [3.63, 3.8) is 0 Å². The predicted molar refractivity (Wildman–Crippen MR) is 134 cm³/mol. The van der Waals surface area contributed by atoms with E-state index in [1.54, 1.807) is 36.6 Å². The van der Waals surface area contributed by atoms with E-state index in [9.17, 15) is 14.9 Å². The van der Waals surface area contributed by atoms with Gasteiger partial charge in [-0.3, -0.25) is 4.79 Å². The molecule has 1 amide bonds. The number of anilines is 2. The van der Waals surface area contributed by atoms with E-state index < -0.39 is 11.9 Å². The van der Waals surface area contributed by atoms with E-state index in [1.165, 1.54) is 17.4 Å². The lowest BCUT2D eigenvalue weighted by Gasteiger charge is -2.12. The smallest absolute Gasteiger partial charge is 0.341 e. The Morgan fingerprint density at radius 3 is 2.39 bits per heavy atom. The number of nitrogens with one attached hydrogen (secondary N) is 1. The molecule has 1 N–H and O–H groups in total. The number of nitrogens with zero attached hydrogens (tertiary/aromatic N) is 2. The molecule has 0 aliphatic heterocycles. The zero-order valence-corrected chi connectivity index (χ0v) is 20.0. The van der Waals surface area contributed by atoms with Crippen molar-refractivity contribution in [3.05, 3.63) is 75.6 Å². The number of benzene rings is 2. The highest BCUT2D eigenvalue weighted by Gasteiger charge is 2.23. The number of ether oxygens (including phenoxy) is 1. The van der Waals surface area contributed by atoms with Crippen molar-refractivity contribution in [2.24, 2.45) is 0 Å². The number of esters is 1. The molecule has 0 radical (unpaired) electrons. The number of rotatable bonds is 7. The molecule has 0 aliphatic rings. The first-order chi connectivity index (χ1) is 15.8. The van der Waals surface area contributed by atoms with Crippen LogP contribution >= 0.6 is 22.9 Å². The van der Waals surface area contributed by atoms with Crippen molar-refractivity contribution >= 4 is 51.6 Å². The van der Waals surface area contributed by atoms with E-state index in [-0.39, 0.29) is 17.7 Å². The topological polar surface area (TPSA) is 82.4 Å². The van der Waals surface area contributed by atoms with E-state index in [0.29, 0.717) is 21.2 Å². The van der Waals surface area contributed by atoms with Crippen molar-refractivity contribution in [1.82, 2.24) is 0 Å². The highest BCUT2D eigenvalue weighted by atomic mass is 35.5. The summed E-state index contributed by atoms with van der Waals surface area (Å²) in [4.78, 5) is 27.5. The number of hydrogen-bond donors (Lipinski definition) is 1. The minimum absolute atomic E-state index is 0.0798. The molecule has 0 bridgehead atoms. The Morgan fingerprint density at radius 1 is 1.15 bits per heavy atom. The molecular formula is C25H22ClN3O3S. The number of hydrogen-bond acceptors (Lipinski definition) is 6. The molecule has 0 spiro atoms. The van der Waals surface area contributed by atoms with Crippen LogP contribution in [0.4, 0.5) is 10.7 Å². The lowest BCUT2D eigenvalue weighted by molar-refractivity contribution is -0.112. The number of amides is 1. The molecule has 0 saturated heterocycles. The molecule has 0 aliphatic carbocycles. The third kappa shape index (κ3) is 5.80. The van der Waals surface area contributed by atoms with Crippen LogP contribution < -0.4 is 10.2 Å². The Labute approximate surface area is 201 Å². The minimum Gasteiger partial charge on any atom is -0.462 e. The van der Waals surface area contributed by atoms with Gasteiger partial charge in [0.05, 0.1) is 6.61 Å². The molecule has 1 heterocycles. The molecule has 168 valence electrons. The van der Waals surface area contributed by atoms with Crippen LogP contribution in [0.1, 0.15) is 22.8 Å². The number of nitriles is 1. The Kier molecular flexibility index (Phi) is 7.88. The van der Waals surface area contributed by atoms with Crippen LogP contribution in [-0.4, -0.2) is 32.6 Å². The fraction of sp³-hybridized carbons (Fsp3) is 0.160. The molecule has 0 unspecified atom stereocenters. The van der Waals surface area contributed by atoms with Crippen molar-refractivity contribution in [1.29, 1.82) is 5.26 Å². The van der Waals surface area contributed by atoms with Crippen LogP contribution in [0.2, 0.25) is 5.02 Å². The van der Waals surface area contributed by atoms with Gasteiger partial charge in [0, 0.05) is 35.7 Å². The summed E-state index contributed by atoms with van der Waals surface area (Å²) in [6.45, 7) is 1.90. The molecule has 1 aromatic heterocycles. The van der Waals surface area contributed by atoms with Gasteiger partial charge in [0.1, 0.15) is 22.2 Å². The zero-order valence-electron chi connectivity index (χ0n) is 18.4. The van der Waals surface area contributed by atoms with E-state index in [1.807, 2.05) is 49.3 Å². The quantitative estimate of drug-likeness (QED) is 0.261. The van der Waals surface area contributed by atoms with Gasteiger partial charge >= 0.3 is 5.97 Å². The molecule has 2 aromatic carbocycles. The molecule has 6 nitrogen and oxygen atoms in total. The van der Waals surface area contributed by atoms with E-state index in [2.05, 4.69) is 5.32 Å². The summed E-state index contributed by atoms with van der Waals surface area (Å²) < 4.78 is 5.21. The van der Waals surface area contributed by atoms with E-state index in [0.717, 1.165) is 11.3 Å². The SMILES string of the molecule is CCOC(=O)c1c(-c2ccc(Cl)cc2)csc1NC(=O)/C(C#N)=C\c1ccc(N(C)C)cc1. The lowest BCUT2D eigenvalue weighted by atomic mass is 10.0. The number of carbonyl (C=O) groups excluding carboxylic acids is 2. The van der Waals surface area contributed by atoms with Gasteiger partial charge in [-0.15, -0.1) is 11.3 Å². The molecule has 0 fully saturated rings. The largest absolute Gasteiger partial charge is 0.462 e. The molecule has 0 saturated carbocycles. The van der Waals surface area contributed by atoms with Gasteiger partial charge in [-0.1, -0.05) is 35.9 Å². The summed E-state index contributed by atoms with van der Waals surface area (Å²) >= 11 is 7.17. The Morgan fingerprint density at radius 2 is 1.82 bits per heavy atom. The van der Waals surface area contributed by atoms with Gasteiger partial charge in [-0.25, -0.2) is 4.79 Å². The van der Waals surface area contributed by atoms with Crippen LogP contribution in [0.5, 0.6) is 0 Å². The van der Waals surface area contributed by atoms with E-state index >= 15 is 0 Å². The maximum absolute atomic E-state index is 12.9. The highest BCUT2D eigenvalue weighted by Crippen LogP contribution is 2.37. The first kappa shape index (κ1) is 24.1. The molecule has 8 heteroatoms. The lowest BCUT2D eigenvalue weighted by Crippen LogP contribution is -2.16. The van der Waals surface area contributed by atoms with Crippen LogP contribution in [0.15, 0.2) is 59.5 Å².